The quantitative estimate of drug-likeness (QED) is 0.755. The maximum atomic E-state index is 13.2. The molecule has 0 unspecified atom stereocenters. The molecule has 1 saturated heterocycles. The first-order valence-electron chi connectivity index (χ1n) is 9.18. The van der Waals surface area contributed by atoms with Crippen LogP contribution in [-0.4, -0.2) is 34.8 Å². The Labute approximate surface area is 152 Å². The third-order valence-electron chi connectivity index (χ3n) is 5.39. The summed E-state index contributed by atoms with van der Waals surface area (Å²) in [5.41, 5.74) is 1.70. The van der Waals surface area contributed by atoms with Crippen LogP contribution in [0, 0.1) is 5.82 Å². The van der Waals surface area contributed by atoms with E-state index in [2.05, 4.69) is 10.1 Å². The standard InChI is InChI=1S/C21H23FN2O2/c22-17-8-9-18-19(23-26-20(18)15-17)7-4-12-24-13-10-21(25,11-14-24)16-5-2-1-3-6-16/h1-3,5-6,8-9,15,25H,4,7,10-14H2. The molecule has 26 heavy (non-hydrogen) atoms. The van der Waals surface area contributed by atoms with Gasteiger partial charge in [0, 0.05) is 24.5 Å². The average Bonchev–Trinajstić information content (AvgIpc) is 3.06. The Kier molecular flexibility index (Phi) is 4.74. The number of aliphatic hydroxyl groups is 1. The molecule has 1 aliphatic rings. The predicted octanol–water partition coefficient (Wildman–Crippen LogP) is 3.88. The molecule has 1 N–H and O–H groups in total. The topological polar surface area (TPSA) is 49.5 Å². The van der Waals surface area contributed by atoms with Crippen molar-refractivity contribution in [3.05, 3.63) is 65.6 Å². The smallest absolute Gasteiger partial charge is 0.170 e. The molecule has 3 aromatic rings. The monoisotopic (exact) mass is 354 g/mol. The molecular formula is C21H23FN2O2. The van der Waals surface area contributed by atoms with Crippen LogP contribution in [0.3, 0.4) is 0 Å². The van der Waals surface area contributed by atoms with Gasteiger partial charge in [-0.05, 0) is 49.9 Å². The van der Waals surface area contributed by atoms with Gasteiger partial charge in [0.25, 0.3) is 0 Å². The second-order valence-electron chi connectivity index (χ2n) is 7.11. The van der Waals surface area contributed by atoms with E-state index in [-0.39, 0.29) is 5.82 Å². The van der Waals surface area contributed by atoms with Gasteiger partial charge in [0.1, 0.15) is 5.82 Å². The minimum absolute atomic E-state index is 0.306. The second-order valence-corrected chi connectivity index (χ2v) is 7.11. The van der Waals surface area contributed by atoms with Crippen molar-refractivity contribution in [3.8, 4) is 0 Å². The van der Waals surface area contributed by atoms with Gasteiger partial charge >= 0.3 is 0 Å². The Morgan fingerprint density at radius 1 is 1.12 bits per heavy atom. The molecule has 136 valence electrons. The van der Waals surface area contributed by atoms with E-state index in [1.807, 2.05) is 30.3 Å². The van der Waals surface area contributed by atoms with Crippen molar-refractivity contribution in [1.82, 2.24) is 10.1 Å². The summed E-state index contributed by atoms with van der Waals surface area (Å²) in [6, 6.07) is 14.5. The van der Waals surface area contributed by atoms with Gasteiger partial charge in [-0.2, -0.15) is 0 Å². The first kappa shape index (κ1) is 17.2. The first-order chi connectivity index (χ1) is 12.6. The lowest BCUT2D eigenvalue weighted by molar-refractivity contribution is -0.0259. The molecule has 0 spiro atoms. The molecule has 0 aliphatic carbocycles. The van der Waals surface area contributed by atoms with Gasteiger partial charge in [-0.1, -0.05) is 35.5 Å². The molecule has 0 amide bonds. The SMILES string of the molecule is OC1(c2ccccc2)CCN(CCCc2noc3cc(F)ccc23)CC1. The fraction of sp³-hybridized carbons (Fsp3) is 0.381. The lowest BCUT2D eigenvalue weighted by Gasteiger charge is -2.38. The molecule has 1 aliphatic heterocycles. The van der Waals surface area contributed by atoms with Crippen LogP contribution in [0.4, 0.5) is 4.39 Å². The van der Waals surface area contributed by atoms with Crippen LogP contribution in [0.1, 0.15) is 30.5 Å². The van der Waals surface area contributed by atoms with Crippen LogP contribution in [-0.2, 0) is 12.0 Å². The van der Waals surface area contributed by atoms with Crippen LogP contribution in [0.2, 0.25) is 0 Å². The highest BCUT2D eigenvalue weighted by molar-refractivity contribution is 5.79. The molecule has 2 aromatic carbocycles. The average molecular weight is 354 g/mol. The lowest BCUT2D eigenvalue weighted by atomic mass is 9.84. The van der Waals surface area contributed by atoms with Gasteiger partial charge in [-0.25, -0.2) is 4.39 Å². The summed E-state index contributed by atoms with van der Waals surface area (Å²) in [7, 11) is 0. The number of hydrogen-bond donors (Lipinski definition) is 1. The highest BCUT2D eigenvalue weighted by Gasteiger charge is 2.33. The van der Waals surface area contributed by atoms with E-state index >= 15 is 0 Å². The Bertz CT molecular complexity index is 870. The van der Waals surface area contributed by atoms with Gasteiger partial charge in [0.2, 0.25) is 0 Å². The lowest BCUT2D eigenvalue weighted by Crippen LogP contribution is -2.42. The number of halogens is 1. The molecule has 0 saturated carbocycles. The first-order valence-corrected chi connectivity index (χ1v) is 9.18. The van der Waals surface area contributed by atoms with Crippen LogP contribution >= 0.6 is 0 Å². The zero-order valence-electron chi connectivity index (χ0n) is 14.7. The van der Waals surface area contributed by atoms with Gasteiger partial charge in [-0.3, -0.25) is 0 Å². The Morgan fingerprint density at radius 3 is 2.65 bits per heavy atom. The van der Waals surface area contributed by atoms with Gasteiger partial charge < -0.3 is 14.5 Å². The number of aryl methyl sites for hydroxylation is 1. The molecule has 2 heterocycles. The molecule has 4 nitrogen and oxygen atoms in total. The Hall–Kier alpha value is -2.24. The summed E-state index contributed by atoms with van der Waals surface area (Å²) < 4.78 is 18.4. The molecule has 0 radical (unpaired) electrons. The normalized spacial score (nSPS) is 17.6. The van der Waals surface area contributed by atoms with E-state index in [4.69, 9.17) is 4.52 Å². The summed E-state index contributed by atoms with van der Waals surface area (Å²) in [6.07, 6.45) is 3.27. The van der Waals surface area contributed by atoms with E-state index in [0.29, 0.717) is 5.58 Å². The molecular weight excluding hydrogens is 331 g/mol. The number of rotatable bonds is 5. The molecule has 5 heteroatoms. The van der Waals surface area contributed by atoms with Crippen molar-refractivity contribution in [3.63, 3.8) is 0 Å². The number of fused-ring (bicyclic) bond motifs is 1. The summed E-state index contributed by atoms with van der Waals surface area (Å²) in [6.45, 7) is 2.73. The number of benzene rings is 2. The maximum Gasteiger partial charge on any atom is 0.170 e. The van der Waals surface area contributed by atoms with Gasteiger partial charge in [-0.15, -0.1) is 0 Å². The number of nitrogens with zero attached hydrogens (tertiary/aromatic N) is 2. The summed E-state index contributed by atoms with van der Waals surface area (Å²) in [5, 5.41) is 15.9. The van der Waals surface area contributed by atoms with E-state index < -0.39 is 5.60 Å². The van der Waals surface area contributed by atoms with E-state index in [9.17, 15) is 9.50 Å². The van der Waals surface area contributed by atoms with Crippen LogP contribution in [0.25, 0.3) is 11.0 Å². The van der Waals surface area contributed by atoms with Crippen molar-refractivity contribution >= 4 is 11.0 Å². The number of aromatic nitrogens is 1. The zero-order chi connectivity index (χ0) is 18.0. The van der Waals surface area contributed by atoms with Gasteiger partial charge in [0.15, 0.2) is 5.58 Å². The minimum atomic E-state index is -0.704. The van der Waals surface area contributed by atoms with Crippen LogP contribution < -0.4 is 0 Å². The predicted molar refractivity (Wildman–Crippen MR) is 98.3 cm³/mol. The third-order valence-corrected chi connectivity index (χ3v) is 5.39. The summed E-state index contributed by atoms with van der Waals surface area (Å²) in [5.74, 6) is -0.306. The Morgan fingerprint density at radius 2 is 1.88 bits per heavy atom. The molecule has 1 aromatic heterocycles. The number of likely N-dealkylation sites (tertiary alicyclic amines) is 1. The van der Waals surface area contributed by atoms with Gasteiger partial charge in [0.05, 0.1) is 11.3 Å². The van der Waals surface area contributed by atoms with Crippen molar-refractivity contribution in [2.75, 3.05) is 19.6 Å². The van der Waals surface area contributed by atoms with Crippen molar-refractivity contribution in [2.24, 2.45) is 0 Å². The van der Waals surface area contributed by atoms with E-state index in [0.717, 1.165) is 62.0 Å². The summed E-state index contributed by atoms with van der Waals surface area (Å²) in [4.78, 5) is 2.39. The Balaban J connectivity index is 1.30. The van der Waals surface area contributed by atoms with Crippen LogP contribution in [0.5, 0.6) is 0 Å². The highest BCUT2D eigenvalue weighted by atomic mass is 19.1. The highest BCUT2D eigenvalue weighted by Crippen LogP contribution is 2.32. The summed E-state index contributed by atoms with van der Waals surface area (Å²) >= 11 is 0. The molecule has 1 fully saturated rings. The fourth-order valence-electron chi connectivity index (χ4n) is 3.80. The van der Waals surface area contributed by atoms with Crippen molar-refractivity contribution < 1.29 is 14.0 Å². The number of piperidine rings is 1. The minimum Gasteiger partial charge on any atom is -0.385 e. The number of hydrogen-bond acceptors (Lipinski definition) is 4. The van der Waals surface area contributed by atoms with Crippen LogP contribution in [0.15, 0.2) is 53.1 Å². The van der Waals surface area contributed by atoms with E-state index in [1.54, 1.807) is 6.07 Å². The largest absolute Gasteiger partial charge is 0.385 e. The zero-order valence-corrected chi connectivity index (χ0v) is 14.7. The molecule has 0 atom stereocenters. The molecule has 0 bridgehead atoms. The van der Waals surface area contributed by atoms with Crippen molar-refractivity contribution in [2.45, 2.75) is 31.3 Å². The fourth-order valence-corrected chi connectivity index (χ4v) is 3.80. The second kappa shape index (κ2) is 7.17. The molecule has 4 rings (SSSR count). The maximum absolute atomic E-state index is 13.2. The van der Waals surface area contributed by atoms with Crippen molar-refractivity contribution in [1.29, 1.82) is 0 Å². The van der Waals surface area contributed by atoms with E-state index in [1.165, 1.54) is 12.1 Å². The third kappa shape index (κ3) is 3.50.